The van der Waals surface area contributed by atoms with Crippen molar-refractivity contribution >= 4 is 33.2 Å². The van der Waals surface area contributed by atoms with E-state index >= 15 is 0 Å². The van der Waals surface area contributed by atoms with Gasteiger partial charge in [0.25, 0.3) is 5.91 Å². The molecular weight excluding hydrogens is 560 g/mol. The highest BCUT2D eigenvalue weighted by Gasteiger charge is 2.44. The molecule has 2 aliphatic heterocycles. The van der Waals surface area contributed by atoms with Crippen LogP contribution in [-0.2, 0) is 21.9 Å². The lowest BCUT2D eigenvalue weighted by molar-refractivity contribution is 0.0454. The first-order valence-electron chi connectivity index (χ1n) is 14.8. The third-order valence-corrected chi connectivity index (χ3v) is 11.6. The predicted octanol–water partition coefficient (Wildman–Crippen LogP) is 5.10. The number of anilines is 1. The summed E-state index contributed by atoms with van der Waals surface area (Å²) < 4.78 is 34.7. The molecule has 2 heterocycles. The van der Waals surface area contributed by atoms with Crippen molar-refractivity contribution in [2.75, 3.05) is 30.3 Å². The second-order valence-electron chi connectivity index (χ2n) is 12.7. The van der Waals surface area contributed by atoms with E-state index in [1.807, 2.05) is 32.1 Å². The molecule has 6 rings (SSSR count). The van der Waals surface area contributed by atoms with Gasteiger partial charge in [-0.2, -0.15) is 0 Å². The van der Waals surface area contributed by atoms with Gasteiger partial charge in [-0.05, 0) is 97.2 Å². The molecule has 2 aromatic rings. The van der Waals surface area contributed by atoms with E-state index in [9.17, 15) is 18.3 Å². The molecule has 2 N–H and O–H groups in total. The first-order valence-corrected chi connectivity index (χ1v) is 16.8. The zero-order valence-electron chi connectivity index (χ0n) is 23.7. The maximum Gasteiger partial charge on any atom is 0.264 e. The number of aliphatic hydroxyl groups is 1. The molecule has 1 spiro atoms. The fourth-order valence-corrected chi connectivity index (χ4v) is 8.84. The molecule has 4 aliphatic rings. The number of sulfonamides is 1. The van der Waals surface area contributed by atoms with E-state index in [0.29, 0.717) is 25.4 Å². The van der Waals surface area contributed by atoms with Crippen LogP contribution >= 0.6 is 11.6 Å². The number of hydrogen-bond donors (Lipinski definition) is 2. The quantitative estimate of drug-likeness (QED) is 0.410. The van der Waals surface area contributed by atoms with Gasteiger partial charge in [0.05, 0.1) is 24.2 Å². The second-order valence-corrected chi connectivity index (χ2v) is 14.9. The molecule has 2 aromatic carbocycles. The number of hydrogen-bond acceptors (Lipinski definition) is 6. The van der Waals surface area contributed by atoms with E-state index in [4.69, 9.17) is 16.3 Å². The Hall–Kier alpha value is -2.55. The van der Waals surface area contributed by atoms with Crippen LogP contribution in [0.3, 0.4) is 0 Å². The van der Waals surface area contributed by atoms with E-state index in [0.717, 1.165) is 42.8 Å². The van der Waals surface area contributed by atoms with Gasteiger partial charge in [-0.15, -0.1) is 0 Å². The Balaban J connectivity index is 1.42. The Kier molecular flexibility index (Phi) is 7.62. The van der Waals surface area contributed by atoms with Crippen molar-refractivity contribution in [1.82, 2.24) is 4.72 Å². The SMILES string of the molecule is C[C@@H]1CS(=O)(=O)NC(=O)c2ccc3c(c2)N(C[C@@H]2CC[C@H]2[C@@H](O)/C=C/[C@@H]1C)C[C@@]1(CCCc2cc(Cl)ccc21)CO3. The summed E-state index contributed by atoms with van der Waals surface area (Å²) >= 11 is 6.38. The van der Waals surface area contributed by atoms with Crippen molar-refractivity contribution in [1.29, 1.82) is 0 Å². The monoisotopic (exact) mass is 598 g/mol. The van der Waals surface area contributed by atoms with Crippen LogP contribution < -0.4 is 14.4 Å². The second kappa shape index (κ2) is 10.9. The van der Waals surface area contributed by atoms with E-state index in [2.05, 4.69) is 21.8 Å². The highest BCUT2D eigenvalue weighted by atomic mass is 35.5. The van der Waals surface area contributed by atoms with Crippen LogP contribution in [0.15, 0.2) is 48.6 Å². The minimum atomic E-state index is -3.86. The lowest BCUT2D eigenvalue weighted by Crippen LogP contribution is -2.49. The van der Waals surface area contributed by atoms with E-state index in [1.54, 1.807) is 18.2 Å². The van der Waals surface area contributed by atoms with Crippen LogP contribution in [0.5, 0.6) is 5.75 Å². The normalized spacial score (nSPS) is 33.8. The third kappa shape index (κ3) is 5.63. The van der Waals surface area contributed by atoms with Gasteiger partial charge < -0.3 is 14.7 Å². The average Bonchev–Trinajstić information content (AvgIpc) is 3.05. The van der Waals surface area contributed by atoms with Gasteiger partial charge >= 0.3 is 0 Å². The average molecular weight is 599 g/mol. The summed E-state index contributed by atoms with van der Waals surface area (Å²) in [6.07, 6.45) is 8.11. The number of amides is 1. The van der Waals surface area contributed by atoms with Crippen molar-refractivity contribution in [2.24, 2.45) is 23.7 Å². The summed E-state index contributed by atoms with van der Waals surface area (Å²) in [5.74, 6) is -0.0304. The Labute approximate surface area is 248 Å². The van der Waals surface area contributed by atoms with Crippen molar-refractivity contribution in [3.63, 3.8) is 0 Å². The zero-order chi connectivity index (χ0) is 28.9. The number of aryl methyl sites for hydroxylation is 1. The van der Waals surface area contributed by atoms with Gasteiger partial charge in [0.1, 0.15) is 5.75 Å². The molecule has 41 heavy (non-hydrogen) atoms. The van der Waals surface area contributed by atoms with Gasteiger partial charge in [0.2, 0.25) is 10.0 Å². The van der Waals surface area contributed by atoms with Gasteiger partial charge in [0.15, 0.2) is 0 Å². The minimum absolute atomic E-state index is 0.0730. The molecule has 0 radical (unpaired) electrons. The smallest absolute Gasteiger partial charge is 0.264 e. The Morgan fingerprint density at radius 2 is 1.95 bits per heavy atom. The summed E-state index contributed by atoms with van der Waals surface area (Å²) in [4.78, 5) is 15.6. The molecule has 220 valence electrons. The zero-order valence-corrected chi connectivity index (χ0v) is 25.3. The number of nitrogens with zero attached hydrogens (tertiary/aromatic N) is 1. The van der Waals surface area contributed by atoms with Crippen molar-refractivity contribution in [3.8, 4) is 5.75 Å². The van der Waals surface area contributed by atoms with Crippen LogP contribution in [0.1, 0.15) is 61.0 Å². The number of allylic oxidation sites excluding steroid dienone is 1. The molecule has 2 bridgehead atoms. The number of fused-ring (bicyclic) bond motifs is 4. The topological polar surface area (TPSA) is 95.9 Å². The summed E-state index contributed by atoms with van der Waals surface area (Å²) in [5, 5.41) is 11.9. The molecule has 1 fully saturated rings. The largest absolute Gasteiger partial charge is 0.490 e. The maximum atomic E-state index is 13.2. The van der Waals surface area contributed by atoms with E-state index in [-0.39, 0.29) is 40.4 Å². The van der Waals surface area contributed by atoms with Gasteiger partial charge in [-0.25, -0.2) is 13.1 Å². The maximum absolute atomic E-state index is 13.2. The van der Waals surface area contributed by atoms with Gasteiger partial charge in [-0.3, -0.25) is 4.79 Å². The summed E-state index contributed by atoms with van der Waals surface area (Å²) in [7, 11) is -3.86. The number of benzene rings is 2. The molecule has 0 aromatic heterocycles. The lowest BCUT2D eigenvalue weighted by atomic mass is 9.68. The third-order valence-electron chi connectivity index (χ3n) is 9.91. The van der Waals surface area contributed by atoms with Crippen molar-refractivity contribution in [2.45, 2.75) is 57.5 Å². The summed E-state index contributed by atoms with van der Waals surface area (Å²) in [6.45, 7) is 5.71. The number of nitrogens with one attached hydrogen (secondary N) is 1. The highest BCUT2D eigenvalue weighted by molar-refractivity contribution is 7.90. The molecule has 0 saturated heterocycles. The predicted molar refractivity (Wildman–Crippen MR) is 161 cm³/mol. The number of halogens is 1. The molecule has 0 unspecified atom stereocenters. The first kappa shape index (κ1) is 28.6. The standard InChI is InChI=1S/C32H39ClN2O5S/c1-20-5-11-29(36)26-9-6-24(26)16-35-18-32(13-3-4-22-14-25(33)8-10-27(22)32)19-40-30-12-7-23(15-28(30)35)31(37)34-41(38,39)17-21(20)2/h5,7-8,10-12,14-15,20-21,24,26,29,36H,3-4,6,9,13,16-19H2,1-2H3,(H,34,37)/b11-5+/t20-,21+,24-,26+,29-,32-/m0/s1. The number of carbonyl (C=O) groups excluding carboxylic acids is 1. The molecule has 6 atom stereocenters. The van der Waals surface area contributed by atoms with Gasteiger partial charge in [-0.1, -0.05) is 43.7 Å². The number of aliphatic hydroxyl groups excluding tert-OH is 1. The van der Waals surface area contributed by atoms with Crippen molar-refractivity contribution in [3.05, 3.63) is 70.3 Å². The van der Waals surface area contributed by atoms with Crippen LogP contribution in [0.25, 0.3) is 0 Å². The minimum Gasteiger partial charge on any atom is -0.490 e. The van der Waals surface area contributed by atoms with Crippen LogP contribution in [0.2, 0.25) is 5.02 Å². The number of rotatable bonds is 0. The first-order chi connectivity index (χ1) is 19.5. The summed E-state index contributed by atoms with van der Waals surface area (Å²) in [6, 6.07) is 11.4. The number of carbonyl (C=O) groups is 1. The van der Waals surface area contributed by atoms with Crippen molar-refractivity contribution < 1.29 is 23.1 Å². The molecule has 7 nitrogen and oxygen atoms in total. The molecule has 1 saturated carbocycles. The fourth-order valence-electron chi connectivity index (χ4n) is 7.17. The Morgan fingerprint density at radius 1 is 1.12 bits per heavy atom. The fraction of sp³-hybridized carbons (Fsp3) is 0.531. The van der Waals surface area contributed by atoms with E-state index in [1.165, 1.54) is 11.1 Å². The molecule has 9 heteroatoms. The Bertz CT molecular complexity index is 1480. The number of ether oxygens (including phenoxy) is 1. The van der Waals surface area contributed by atoms with Crippen LogP contribution in [0.4, 0.5) is 5.69 Å². The van der Waals surface area contributed by atoms with Crippen LogP contribution in [-0.4, -0.2) is 51.0 Å². The summed E-state index contributed by atoms with van der Waals surface area (Å²) in [5.41, 5.74) is 3.33. The highest BCUT2D eigenvalue weighted by Crippen LogP contribution is 2.46. The molecular formula is C32H39ClN2O5S. The molecule has 1 amide bonds. The Morgan fingerprint density at radius 3 is 2.73 bits per heavy atom. The lowest BCUT2D eigenvalue weighted by Gasteiger charge is -2.45. The molecule has 2 aliphatic carbocycles. The van der Waals surface area contributed by atoms with Crippen LogP contribution in [0, 0.1) is 23.7 Å². The van der Waals surface area contributed by atoms with Gasteiger partial charge in [0, 0.05) is 29.1 Å². The van der Waals surface area contributed by atoms with E-state index < -0.39 is 22.0 Å².